The fourth-order valence-electron chi connectivity index (χ4n) is 1.73. The van der Waals surface area contributed by atoms with Gasteiger partial charge in [0.25, 0.3) is 0 Å². The molecule has 0 rings (SSSR count). The summed E-state index contributed by atoms with van der Waals surface area (Å²) in [6.45, 7) is 5.85. The Morgan fingerprint density at radius 3 is 2.00 bits per heavy atom. The molecule has 0 fully saturated rings. The van der Waals surface area contributed by atoms with Gasteiger partial charge in [0, 0.05) is 12.6 Å². The lowest BCUT2D eigenvalue weighted by atomic mass is 10.0. The number of hydrogen-bond acceptors (Lipinski definition) is 2. The van der Waals surface area contributed by atoms with Crippen molar-refractivity contribution in [1.29, 1.82) is 0 Å². The van der Waals surface area contributed by atoms with Crippen molar-refractivity contribution in [3.8, 4) is 0 Å². The minimum atomic E-state index is -4.25. The van der Waals surface area contributed by atoms with Crippen molar-refractivity contribution in [2.75, 3.05) is 13.6 Å². The van der Waals surface area contributed by atoms with Crippen LogP contribution >= 0.6 is 0 Å². The van der Waals surface area contributed by atoms with Crippen LogP contribution in [0, 0.1) is 5.92 Å². The van der Waals surface area contributed by atoms with E-state index in [1.165, 1.54) is 11.9 Å². The predicted octanol–water partition coefficient (Wildman–Crippen LogP) is 2.24. The Balaban J connectivity index is 4.63. The first-order valence-electron chi connectivity index (χ1n) is 5.22. The molecular formula is C10H21F3N2. The maximum Gasteiger partial charge on any atom is 0.405 e. The van der Waals surface area contributed by atoms with Gasteiger partial charge >= 0.3 is 6.18 Å². The van der Waals surface area contributed by atoms with Crippen LogP contribution in [0.15, 0.2) is 0 Å². The summed E-state index contributed by atoms with van der Waals surface area (Å²) in [5.74, 6) is 0.198. The highest BCUT2D eigenvalue weighted by Crippen LogP contribution is 2.27. The number of hydrogen-bond donors (Lipinski definition) is 1. The Morgan fingerprint density at radius 2 is 1.73 bits per heavy atom. The van der Waals surface area contributed by atoms with E-state index in [1.807, 2.05) is 13.8 Å². The van der Waals surface area contributed by atoms with Gasteiger partial charge in [-0.25, -0.2) is 0 Å². The van der Waals surface area contributed by atoms with Crippen LogP contribution in [0.1, 0.15) is 27.2 Å². The molecule has 0 bridgehead atoms. The van der Waals surface area contributed by atoms with Crippen LogP contribution in [-0.2, 0) is 0 Å². The van der Waals surface area contributed by atoms with E-state index in [2.05, 4.69) is 0 Å². The summed E-state index contributed by atoms with van der Waals surface area (Å²) in [4.78, 5) is 1.30. The zero-order valence-electron chi connectivity index (χ0n) is 9.80. The van der Waals surface area contributed by atoms with Crippen LogP contribution < -0.4 is 5.73 Å². The molecule has 2 unspecified atom stereocenters. The Morgan fingerprint density at radius 1 is 1.27 bits per heavy atom. The summed E-state index contributed by atoms with van der Waals surface area (Å²) in [6.07, 6.45) is -3.92. The lowest BCUT2D eigenvalue weighted by molar-refractivity contribution is -0.186. The zero-order chi connectivity index (χ0) is 12.2. The molecule has 92 valence electrons. The summed E-state index contributed by atoms with van der Waals surface area (Å²) in [5.41, 5.74) is 5.52. The van der Waals surface area contributed by atoms with Crippen LogP contribution in [0.3, 0.4) is 0 Å². The number of nitrogens with zero attached hydrogens (tertiary/aromatic N) is 1. The second kappa shape index (κ2) is 5.70. The van der Waals surface area contributed by atoms with Crippen molar-refractivity contribution in [3.63, 3.8) is 0 Å². The van der Waals surface area contributed by atoms with Crippen molar-refractivity contribution in [2.45, 2.75) is 45.5 Å². The molecule has 2 N–H and O–H groups in total. The molecule has 0 aliphatic heterocycles. The van der Waals surface area contributed by atoms with Gasteiger partial charge in [-0.3, -0.25) is 4.90 Å². The van der Waals surface area contributed by atoms with Gasteiger partial charge in [-0.15, -0.1) is 0 Å². The molecule has 0 aromatic carbocycles. The summed E-state index contributed by atoms with van der Waals surface area (Å²) in [5, 5.41) is 0. The zero-order valence-corrected chi connectivity index (χ0v) is 9.80. The first-order chi connectivity index (χ1) is 6.70. The Bertz CT molecular complexity index is 180. The monoisotopic (exact) mass is 226 g/mol. The topological polar surface area (TPSA) is 29.3 Å². The van der Waals surface area contributed by atoms with E-state index in [1.54, 1.807) is 6.92 Å². The summed E-state index contributed by atoms with van der Waals surface area (Å²) < 4.78 is 38.2. The van der Waals surface area contributed by atoms with Crippen molar-refractivity contribution < 1.29 is 13.2 Å². The molecule has 0 amide bonds. The highest BCUT2D eigenvalue weighted by Gasteiger charge is 2.45. The second-order valence-corrected chi connectivity index (χ2v) is 4.39. The highest BCUT2D eigenvalue weighted by atomic mass is 19.4. The van der Waals surface area contributed by atoms with E-state index in [9.17, 15) is 13.2 Å². The minimum Gasteiger partial charge on any atom is -0.326 e. The van der Waals surface area contributed by atoms with Gasteiger partial charge in [-0.05, 0) is 19.4 Å². The van der Waals surface area contributed by atoms with Crippen molar-refractivity contribution in [1.82, 2.24) is 4.90 Å². The first-order valence-corrected chi connectivity index (χ1v) is 5.22. The predicted molar refractivity (Wildman–Crippen MR) is 55.6 cm³/mol. The number of likely N-dealkylation sites (N-methyl/N-ethyl adjacent to an activating group) is 1. The fourth-order valence-corrected chi connectivity index (χ4v) is 1.73. The normalized spacial score (nSPS) is 17.2. The SMILES string of the molecule is CCC(N)C(N(C)CC(C)C)C(F)(F)F. The van der Waals surface area contributed by atoms with E-state index in [0.29, 0.717) is 13.0 Å². The molecule has 0 radical (unpaired) electrons. The Kier molecular flexibility index (Phi) is 5.59. The van der Waals surface area contributed by atoms with E-state index >= 15 is 0 Å². The molecule has 5 heteroatoms. The maximum absolute atomic E-state index is 12.7. The number of halogens is 3. The number of nitrogens with two attached hydrogens (primary N) is 1. The number of alkyl halides is 3. The number of rotatable bonds is 5. The van der Waals surface area contributed by atoms with Crippen LogP contribution in [-0.4, -0.2) is 36.8 Å². The van der Waals surface area contributed by atoms with E-state index in [4.69, 9.17) is 5.73 Å². The molecule has 15 heavy (non-hydrogen) atoms. The molecule has 2 atom stereocenters. The molecule has 0 aromatic heterocycles. The molecule has 0 aromatic rings. The lowest BCUT2D eigenvalue weighted by Gasteiger charge is -2.34. The summed E-state index contributed by atoms with van der Waals surface area (Å²) in [6, 6.07) is -2.39. The van der Waals surface area contributed by atoms with E-state index in [0.717, 1.165) is 0 Å². The van der Waals surface area contributed by atoms with Gasteiger partial charge in [0.1, 0.15) is 6.04 Å². The standard InChI is InChI=1S/C10H21F3N2/c1-5-8(14)9(10(11,12)13)15(4)6-7(2)3/h7-9H,5-6,14H2,1-4H3. The van der Waals surface area contributed by atoms with Gasteiger partial charge in [-0.1, -0.05) is 20.8 Å². The smallest absolute Gasteiger partial charge is 0.326 e. The quantitative estimate of drug-likeness (QED) is 0.779. The summed E-state index contributed by atoms with van der Waals surface area (Å²) in [7, 11) is 1.48. The van der Waals surface area contributed by atoms with Crippen LogP contribution in [0.25, 0.3) is 0 Å². The lowest BCUT2D eigenvalue weighted by Crippen LogP contribution is -2.55. The van der Waals surface area contributed by atoms with Crippen molar-refractivity contribution in [2.24, 2.45) is 11.7 Å². The molecule has 0 aliphatic carbocycles. The average molecular weight is 226 g/mol. The fraction of sp³-hybridized carbons (Fsp3) is 1.00. The maximum atomic E-state index is 12.7. The average Bonchev–Trinajstić information content (AvgIpc) is 1.99. The van der Waals surface area contributed by atoms with Gasteiger partial charge in [-0.2, -0.15) is 13.2 Å². The molecule has 0 saturated heterocycles. The van der Waals surface area contributed by atoms with Gasteiger partial charge in [0.15, 0.2) is 0 Å². The van der Waals surface area contributed by atoms with Crippen molar-refractivity contribution >= 4 is 0 Å². The minimum absolute atomic E-state index is 0.198. The van der Waals surface area contributed by atoms with E-state index in [-0.39, 0.29) is 5.92 Å². The third-order valence-corrected chi connectivity index (χ3v) is 2.34. The molecule has 0 spiro atoms. The van der Waals surface area contributed by atoms with Gasteiger partial charge in [0.2, 0.25) is 0 Å². The molecule has 0 saturated carbocycles. The van der Waals surface area contributed by atoms with Gasteiger partial charge < -0.3 is 5.73 Å². The van der Waals surface area contributed by atoms with Crippen LogP contribution in [0.2, 0.25) is 0 Å². The van der Waals surface area contributed by atoms with E-state index < -0.39 is 18.3 Å². The Labute approximate surface area is 89.6 Å². The van der Waals surface area contributed by atoms with Gasteiger partial charge in [0.05, 0.1) is 0 Å². The second-order valence-electron chi connectivity index (χ2n) is 4.39. The molecule has 0 heterocycles. The molecular weight excluding hydrogens is 205 g/mol. The largest absolute Gasteiger partial charge is 0.405 e. The van der Waals surface area contributed by atoms with Crippen LogP contribution in [0.5, 0.6) is 0 Å². The third-order valence-electron chi connectivity index (χ3n) is 2.34. The summed E-state index contributed by atoms with van der Waals surface area (Å²) >= 11 is 0. The highest BCUT2D eigenvalue weighted by molar-refractivity contribution is 4.86. The van der Waals surface area contributed by atoms with Crippen LogP contribution in [0.4, 0.5) is 13.2 Å². The van der Waals surface area contributed by atoms with Crippen molar-refractivity contribution in [3.05, 3.63) is 0 Å². The molecule has 0 aliphatic rings. The first kappa shape index (κ1) is 14.7. The Hall–Kier alpha value is -0.290. The third kappa shape index (κ3) is 4.84. The molecule has 2 nitrogen and oxygen atoms in total.